The number of rotatable bonds is 8. The second-order valence-corrected chi connectivity index (χ2v) is 11.1. The number of halogens is 1. The van der Waals surface area contributed by atoms with Crippen molar-refractivity contribution in [3.8, 4) is 0 Å². The Morgan fingerprint density at radius 3 is 2.66 bits per heavy atom. The highest BCUT2D eigenvalue weighted by molar-refractivity contribution is 8.03. The number of carboxylic acids is 1. The summed E-state index contributed by atoms with van der Waals surface area (Å²) >= 11 is 1.39. The van der Waals surface area contributed by atoms with E-state index in [1.165, 1.54) is 21.6 Å². The number of nitrogens with two attached hydrogens (primary N) is 1. The van der Waals surface area contributed by atoms with Gasteiger partial charge in [-0.15, -0.1) is 11.8 Å². The summed E-state index contributed by atoms with van der Waals surface area (Å²) in [6, 6.07) is -1.94. The van der Waals surface area contributed by atoms with E-state index in [0.29, 0.717) is 17.9 Å². The molecule has 3 amide bonds. The van der Waals surface area contributed by atoms with Crippen LogP contribution in [0.5, 0.6) is 0 Å². The number of hydrogen-bond donors (Lipinski definition) is 5. The summed E-state index contributed by atoms with van der Waals surface area (Å²) in [6.45, 7) is 4.44. The maximum absolute atomic E-state index is 13.8. The predicted molar refractivity (Wildman–Crippen MR) is 127 cm³/mol. The van der Waals surface area contributed by atoms with Gasteiger partial charge in [-0.25, -0.2) is 9.18 Å². The molecule has 11 nitrogen and oxygen atoms in total. The van der Waals surface area contributed by atoms with Gasteiger partial charge in [0, 0.05) is 35.2 Å². The molecular formula is C22H33FN6O5S. The third-order valence-electron chi connectivity index (χ3n) is 7.34. The molecule has 8 atom stereocenters. The Labute approximate surface area is 207 Å². The largest absolute Gasteiger partial charge is 0.477 e. The Hall–Kier alpha value is -2.22. The lowest BCUT2D eigenvalue weighted by atomic mass is 9.78. The third-order valence-corrected chi connectivity index (χ3v) is 8.85. The van der Waals surface area contributed by atoms with Crippen LogP contribution >= 0.6 is 11.8 Å². The van der Waals surface area contributed by atoms with Gasteiger partial charge in [0.05, 0.1) is 37.1 Å². The fourth-order valence-electron chi connectivity index (χ4n) is 5.60. The highest BCUT2D eigenvalue weighted by Gasteiger charge is 2.60. The number of nitrogens with zero attached hydrogens (tertiary/aromatic N) is 2. The van der Waals surface area contributed by atoms with Crippen molar-refractivity contribution in [2.45, 2.75) is 55.9 Å². The third kappa shape index (κ3) is 4.66. The van der Waals surface area contributed by atoms with Crippen LogP contribution in [0.1, 0.15) is 20.3 Å². The number of likely N-dealkylation sites (tertiary alicyclic amines) is 1. The normalized spacial score (nSPS) is 35.2. The first-order valence-corrected chi connectivity index (χ1v) is 12.8. The van der Waals surface area contributed by atoms with Gasteiger partial charge in [0.2, 0.25) is 17.7 Å². The van der Waals surface area contributed by atoms with Crippen molar-refractivity contribution < 1.29 is 28.7 Å². The van der Waals surface area contributed by atoms with Crippen LogP contribution < -0.4 is 21.7 Å². The summed E-state index contributed by atoms with van der Waals surface area (Å²) in [5, 5.41) is 18.6. The summed E-state index contributed by atoms with van der Waals surface area (Å²) < 4.78 is 13.8. The zero-order valence-corrected chi connectivity index (χ0v) is 20.8. The number of hydrogen-bond acceptors (Lipinski definition) is 8. The fourth-order valence-corrected chi connectivity index (χ4v) is 7.08. The molecule has 194 valence electrons. The molecule has 0 aliphatic carbocycles. The minimum atomic E-state index is -1.23. The van der Waals surface area contributed by atoms with E-state index in [1.807, 2.05) is 6.92 Å². The molecule has 0 aromatic heterocycles. The maximum atomic E-state index is 13.8. The molecule has 0 spiro atoms. The van der Waals surface area contributed by atoms with Gasteiger partial charge in [-0.05, 0) is 20.4 Å². The first kappa shape index (κ1) is 25.9. The van der Waals surface area contributed by atoms with Crippen LogP contribution in [-0.4, -0.2) is 107 Å². The molecule has 4 aliphatic heterocycles. The second kappa shape index (κ2) is 10.0. The number of amides is 3. The Morgan fingerprint density at radius 1 is 1.34 bits per heavy atom. The molecule has 0 aromatic carbocycles. The van der Waals surface area contributed by atoms with E-state index < -0.39 is 36.2 Å². The number of carboxylic acid groups (broad SMARTS) is 1. The molecule has 4 rings (SSSR count). The first-order chi connectivity index (χ1) is 16.5. The summed E-state index contributed by atoms with van der Waals surface area (Å²) in [5.41, 5.74) is 5.69. The molecule has 1 unspecified atom stereocenters. The van der Waals surface area contributed by atoms with Crippen molar-refractivity contribution in [2.75, 3.05) is 33.2 Å². The zero-order chi connectivity index (χ0) is 25.6. The van der Waals surface area contributed by atoms with E-state index in [2.05, 4.69) is 16.0 Å². The van der Waals surface area contributed by atoms with E-state index in [1.54, 1.807) is 14.0 Å². The Kier molecular flexibility index (Phi) is 7.41. The van der Waals surface area contributed by atoms with Crippen LogP contribution in [0.4, 0.5) is 4.39 Å². The molecule has 13 heteroatoms. The van der Waals surface area contributed by atoms with E-state index in [-0.39, 0.29) is 60.3 Å². The average Bonchev–Trinajstić information content (AvgIpc) is 3.45. The molecule has 4 heterocycles. The van der Waals surface area contributed by atoms with E-state index >= 15 is 0 Å². The van der Waals surface area contributed by atoms with Crippen LogP contribution in [0.15, 0.2) is 10.6 Å². The van der Waals surface area contributed by atoms with Crippen LogP contribution in [0.3, 0.4) is 0 Å². The monoisotopic (exact) mass is 512 g/mol. The molecule has 35 heavy (non-hydrogen) atoms. The zero-order valence-electron chi connectivity index (χ0n) is 20.0. The lowest BCUT2D eigenvalue weighted by molar-refractivity contribution is -0.158. The lowest BCUT2D eigenvalue weighted by Crippen LogP contribution is -2.66. The number of likely N-dealkylation sites (N-methyl/N-ethyl adjacent to an activating group) is 1. The molecule has 0 radical (unpaired) electrons. The Bertz CT molecular complexity index is 939. The van der Waals surface area contributed by atoms with Crippen LogP contribution in [0.25, 0.3) is 0 Å². The van der Waals surface area contributed by atoms with Crippen molar-refractivity contribution in [3.05, 3.63) is 10.6 Å². The number of fused-ring (bicyclic) bond motifs is 1. The van der Waals surface area contributed by atoms with Crippen molar-refractivity contribution in [3.63, 3.8) is 0 Å². The van der Waals surface area contributed by atoms with E-state index in [4.69, 9.17) is 5.73 Å². The number of carbonyl (C=O) groups is 4. The molecule has 0 saturated carbocycles. The van der Waals surface area contributed by atoms with Gasteiger partial charge in [0.1, 0.15) is 11.9 Å². The number of thioether (sulfide) groups is 1. The van der Waals surface area contributed by atoms with Gasteiger partial charge in [0.15, 0.2) is 0 Å². The second-order valence-electron chi connectivity index (χ2n) is 9.78. The highest BCUT2D eigenvalue weighted by Crippen LogP contribution is 2.51. The Morgan fingerprint density at radius 2 is 2.06 bits per heavy atom. The quantitative estimate of drug-likeness (QED) is 0.243. The number of β-lactam (4-membered cyclic amide) rings is 1. The predicted octanol–water partition coefficient (Wildman–Crippen LogP) is -1.55. The van der Waals surface area contributed by atoms with Crippen molar-refractivity contribution >= 4 is 35.5 Å². The van der Waals surface area contributed by atoms with Crippen molar-refractivity contribution in [1.82, 2.24) is 25.8 Å². The number of nitrogens with one attached hydrogen (secondary N) is 3. The van der Waals surface area contributed by atoms with Gasteiger partial charge < -0.3 is 36.6 Å². The molecular weight excluding hydrogens is 479 g/mol. The molecule has 0 aromatic rings. The molecule has 3 fully saturated rings. The number of alkyl halides is 1. The maximum Gasteiger partial charge on any atom is 0.353 e. The minimum absolute atomic E-state index is 0.00940. The number of carbonyl (C=O) groups excluding carboxylic acids is 3. The van der Waals surface area contributed by atoms with Crippen LogP contribution in [0, 0.1) is 11.8 Å². The van der Waals surface area contributed by atoms with Gasteiger partial charge in [-0.2, -0.15) is 0 Å². The van der Waals surface area contributed by atoms with Gasteiger partial charge in [0.25, 0.3) is 0 Å². The van der Waals surface area contributed by atoms with Crippen LogP contribution in [-0.2, 0) is 19.2 Å². The van der Waals surface area contributed by atoms with Gasteiger partial charge in [-0.3, -0.25) is 14.4 Å². The molecule has 0 bridgehead atoms. The van der Waals surface area contributed by atoms with Gasteiger partial charge >= 0.3 is 5.97 Å². The van der Waals surface area contributed by atoms with E-state index in [9.17, 15) is 28.7 Å². The van der Waals surface area contributed by atoms with E-state index in [0.717, 1.165) is 0 Å². The Balaban J connectivity index is 1.43. The summed E-state index contributed by atoms with van der Waals surface area (Å²) in [4.78, 5) is 53.3. The average molecular weight is 513 g/mol. The van der Waals surface area contributed by atoms with Crippen LogP contribution in [0.2, 0.25) is 0 Å². The minimum Gasteiger partial charge on any atom is -0.477 e. The summed E-state index contributed by atoms with van der Waals surface area (Å²) in [7, 11) is 1.65. The first-order valence-electron chi connectivity index (χ1n) is 11.9. The molecule has 6 N–H and O–H groups in total. The SMILES string of the molecule is CNCC(=O)N[C@H](C)[C@H]1C(=O)N2C(C(=O)O)=C(SC3CN[C@H](C(=O)N4C[C@@H](F)[C@@H](N)C4)C3)[C@H](C)[C@H]12. The van der Waals surface area contributed by atoms with Crippen molar-refractivity contribution in [1.29, 1.82) is 0 Å². The number of aliphatic carboxylic acids is 1. The highest BCUT2D eigenvalue weighted by atomic mass is 32.2. The summed E-state index contributed by atoms with van der Waals surface area (Å²) in [6.07, 6.45) is -0.762. The molecule has 4 aliphatic rings. The standard InChI is InChI=1S/C22H33FN6O5S/c1-9-17-16(10(2)27-15(30)6-25-3)21(32)29(17)18(22(33)34)19(9)35-11-4-14(26-5-11)20(31)28-7-12(23)13(24)8-28/h9-14,16-17,25-26H,4-8,24H2,1-3H3,(H,27,30)(H,33,34)/t9-,10-,11?,12-,13+,14+,16-,17-/m1/s1. The smallest absolute Gasteiger partial charge is 0.353 e. The molecule has 3 saturated heterocycles. The lowest BCUT2D eigenvalue weighted by Gasteiger charge is -2.47. The summed E-state index contributed by atoms with van der Waals surface area (Å²) in [5.74, 6) is -2.64. The van der Waals surface area contributed by atoms with Gasteiger partial charge in [-0.1, -0.05) is 6.92 Å². The van der Waals surface area contributed by atoms with Crippen molar-refractivity contribution in [2.24, 2.45) is 17.6 Å². The fraction of sp³-hybridized carbons (Fsp3) is 0.727. The topological polar surface area (TPSA) is 157 Å².